The highest BCUT2D eigenvalue weighted by atomic mass is 14.9. The Labute approximate surface area is 142 Å². The highest BCUT2D eigenvalue weighted by molar-refractivity contribution is 5.48. The van der Waals surface area contributed by atoms with E-state index in [0.717, 1.165) is 25.1 Å². The molecule has 1 aromatic carbocycles. The monoisotopic (exact) mass is 312 g/mol. The topological polar surface area (TPSA) is 35.8 Å². The number of nitriles is 1. The normalized spacial score (nSPS) is 10.8. The first-order valence-electron chi connectivity index (χ1n) is 9.26. The first-order valence-corrected chi connectivity index (χ1v) is 9.26. The zero-order valence-corrected chi connectivity index (χ0v) is 14.7. The van der Waals surface area contributed by atoms with Gasteiger partial charge in [-0.1, -0.05) is 63.7 Å². The molecular weight excluding hydrogens is 280 g/mol. The average Bonchev–Trinajstić information content (AvgIpc) is 2.59. The lowest BCUT2D eigenvalue weighted by atomic mass is 10.1. The summed E-state index contributed by atoms with van der Waals surface area (Å²) >= 11 is 0. The largest absolute Gasteiger partial charge is 0.385 e. The van der Waals surface area contributed by atoms with Gasteiger partial charge in [0, 0.05) is 12.2 Å². The summed E-state index contributed by atoms with van der Waals surface area (Å²) in [6, 6.07) is 9.83. The van der Waals surface area contributed by atoms with Crippen LogP contribution >= 0.6 is 0 Å². The second kappa shape index (κ2) is 13.9. The van der Waals surface area contributed by atoms with Crippen LogP contribution in [-0.4, -0.2) is 6.54 Å². The summed E-state index contributed by atoms with van der Waals surface area (Å²) in [4.78, 5) is 0. The molecule has 23 heavy (non-hydrogen) atoms. The van der Waals surface area contributed by atoms with E-state index >= 15 is 0 Å². The molecule has 1 aromatic rings. The number of hydrogen-bond acceptors (Lipinski definition) is 2. The summed E-state index contributed by atoms with van der Waals surface area (Å²) < 4.78 is 0. The SMILES string of the molecule is CCCCCCCCC/C=C/CCCNc1cccc(C#N)c1. The summed E-state index contributed by atoms with van der Waals surface area (Å²) in [5.41, 5.74) is 1.75. The maximum Gasteiger partial charge on any atom is 0.0992 e. The molecule has 0 aliphatic carbocycles. The van der Waals surface area contributed by atoms with Gasteiger partial charge in [0.2, 0.25) is 0 Å². The number of hydrogen-bond donors (Lipinski definition) is 1. The quantitative estimate of drug-likeness (QED) is 0.336. The number of nitrogens with one attached hydrogen (secondary N) is 1. The summed E-state index contributed by atoms with van der Waals surface area (Å²) in [5, 5.41) is 12.2. The van der Waals surface area contributed by atoms with Gasteiger partial charge in [0.25, 0.3) is 0 Å². The molecule has 0 atom stereocenters. The van der Waals surface area contributed by atoms with Crippen molar-refractivity contribution in [3.05, 3.63) is 42.0 Å². The molecule has 126 valence electrons. The van der Waals surface area contributed by atoms with Gasteiger partial charge in [-0.2, -0.15) is 5.26 Å². The number of benzene rings is 1. The van der Waals surface area contributed by atoms with E-state index in [1.165, 1.54) is 51.4 Å². The van der Waals surface area contributed by atoms with Crippen molar-refractivity contribution < 1.29 is 0 Å². The van der Waals surface area contributed by atoms with Gasteiger partial charge in [-0.15, -0.1) is 0 Å². The molecule has 0 fully saturated rings. The van der Waals surface area contributed by atoms with Crippen LogP contribution in [-0.2, 0) is 0 Å². The van der Waals surface area contributed by atoms with Crippen LogP contribution in [0.4, 0.5) is 5.69 Å². The van der Waals surface area contributed by atoms with Crippen LogP contribution in [0.25, 0.3) is 0 Å². The predicted molar refractivity (Wildman–Crippen MR) is 101 cm³/mol. The standard InChI is InChI=1S/C21H32N2/c1-2-3-4-5-6-7-8-9-10-11-12-13-17-23-21-16-14-15-20(18-21)19-22/h10-11,14-16,18,23H,2-9,12-13,17H2,1H3/b11-10+. The summed E-state index contributed by atoms with van der Waals surface area (Å²) in [6.45, 7) is 3.22. The predicted octanol–water partition coefficient (Wildman–Crippen LogP) is 6.45. The molecular formula is C21H32N2. The smallest absolute Gasteiger partial charge is 0.0992 e. The van der Waals surface area contributed by atoms with Crippen LogP contribution in [0, 0.1) is 11.3 Å². The van der Waals surface area contributed by atoms with Gasteiger partial charge in [0.1, 0.15) is 0 Å². The first-order chi connectivity index (χ1) is 11.4. The Hall–Kier alpha value is -1.75. The van der Waals surface area contributed by atoms with E-state index in [2.05, 4.69) is 30.5 Å². The average molecular weight is 313 g/mol. The molecule has 0 heterocycles. The van der Waals surface area contributed by atoms with E-state index in [1.807, 2.05) is 24.3 Å². The van der Waals surface area contributed by atoms with Crippen LogP contribution in [0.15, 0.2) is 36.4 Å². The van der Waals surface area contributed by atoms with Gasteiger partial charge in [0.15, 0.2) is 0 Å². The zero-order valence-electron chi connectivity index (χ0n) is 14.7. The minimum absolute atomic E-state index is 0.713. The molecule has 0 bridgehead atoms. The second-order valence-electron chi connectivity index (χ2n) is 6.14. The van der Waals surface area contributed by atoms with Gasteiger partial charge >= 0.3 is 0 Å². The molecule has 2 heteroatoms. The molecule has 2 nitrogen and oxygen atoms in total. The number of anilines is 1. The van der Waals surface area contributed by atoms with Gasteiger partial charge in [-0.25, -0.2) is 0 Å². The van der Waals surface area contributed by atoms with Crippen molar-refractivity contribution in [2.24, 2.45) is 0 Å². The van der Waals surface area contributed by atoms with Crippen molar-refractivity contribution in [1.82, 2.24) is 0 Å². The molecule has 0 amide bonds. The van der Waals surface area contributed by atoms with Crippen molar-refractivity contribution in [2.45, 2.75) is 71.1 Å². The van der Waals surface area contributed by atoms with E-state index in [9.17, 15) is 0 Å². The van der Waals surface area contributed by atoms with E-state index in [4.69, 9.17) is 5.26 Å². The number of allylic oxidation sites excluding steroid dienone is 2. The Bertz CT molecular complexity index is 471. The molecule has 0 aliphatic rings. The molecule has 0 saturated carbocycles. The Balaban J connectivity index is 1.93. The van der Waals surface area contributed by atoms with Crippen molar-refractivity contribution in [3.8, 4) is 6.07 Å². The fraction of sp³-hybridized carbons (Fsp3) is 0.571. The van der Waals surface area contributed by atoms with E-state index < -0.39 is 0 Å². The summed E-state index contributed by atoms with van der Waals surface area (Å²) in [6.07, 6.45) is 17.8. The third-order valence-corrected chi connectivity index (χ3v) is 4.01. The maximum atomic E-state index is 8.86. The molecule has 0 aromatic heterocycles. The molecule has 0 unspecified atom stereocenters. The minimum atomic E-state index is 0.713. The molecule has 0 aliphatic heterocycles. The van der Waals surface area contributed by atoms with Crippen molar-refractivity contribution in [1.29, 1.82) is 5.26 Å². The highest BCUT2D eigenvalue weighted by Crippen LogP contribution is 2.10. The van der Waals surface area contributed by atoms with Gasteiger partial charge in [-0.05, 0) is 43.9 Å². The van der Waals surface area contributed by atoms with Crippen LogP contribution in [0.1, 0.15) is 76.7 Å². The van der Waals surface area contributed by atoms with Crippen molar-refractivity contribution in [3.63, 3.8) is 0 Å². The number of unbranched alkanes of at least 4 members (excludes halogenated alkanes) is 8. The Kier molecular flexibility index (Phi) is 11.6. The number of rotatable bonds is 13. The molecule has 0 radical (unpaired) electrons. The lowest BCUT2D eigenvalue weighted by Crippen LogP contribution is -2.00. The highest BCUT2D eigenvalue weighted by Gasteiger charge is 1.93. The third-order valence-electron chi connectivity index (χ3n) is 4.01. The Morgan fingerprint density at radius 3 is 2.39 bits per heavy atom. The molecule has 0 spiro atoms. The van der Waals surface area contributed by atoms with Gasteiger partial charge < -0.3 is 5.32 Å². The van der Waals surface area contributed by atoms with Crippen LogP contribution in [0.2, 0.25) is 0 Å². The second-order valence-corrected chi connectivity index (χ2v) is 6.14. The van der Waals surface area contributed by atoms with Gasteiger partial charge in [-0.3, -0.25) is 0 Å². The summed E-state index contributed by atoms with van der Waals surface area (Å²) in [7, 11) is 0. The molecule has 1 rings (SSSR count). The van der Waals surface area contributed by atoms with Crippen LogP contribution < -0.4 is 5.32 Å². The Morgan fingerprint density at radius 2 is 1.65 bits per heavy atom. The van der Waals surface area contributed by atoms with Crippen LogP contribution in [0.3, 0.4) is 0 Å². The lowest BCUT2D eigenvalue weighted by Gasteiger charge is -2.05. The lowest BCUT2D eigenvalue weighted by molar-refractivity contribution is 0.592. The van der Waals surface area contributed by atoms with Crippen molar-refractivity contribution in [2.75, 3.05) is 11.9 Å². The molecule has 0 saturated heterocycles. The summed E-state index contributed by atoms with van der Waals surface area (Å²) in [5.74, 6) is 0. The van der Waals surface area contributed by atoms with E-state index in [1.54, 1.807) is 0 Å². The number of nitrogens with zero attached hydrogens (tertiary/aromatic N) is 1. The van der Waals surface area contributed by atoms with E-state index in [-0.39, 0.29) is 0 Å². The molecule has 1 N–H and O–H groups in total. The Morgan fingerprint density at radius 1 is 0.957 bits per heavy atom. The van der Waals surface area contributed by atoms with E-state index in [0.29, 0.717) is 5.56 Å². The van der Waals surface area contributed by atoms with Crippen molar-refractivity contribution >= 4 is 5.69 Å². The first kappa shape index (κ1) is 19.3. The minimum Gasteiger partial charge on any atom is -0.385 e. The zero-order chi connectivity index (χ0) is 16.6. The fourth-order valence-corrected chi connectivity index (χ4v) is 2.61. The van der Waals surface area contributed by atoms with Gasteiger partial charge in [0.05, 0.1) is 11.6 Å². The fourth-order valence-electron chi connectivity index (χ4n) is 2.61. The van der Waals surface area contributed by atoms with Crippen LogP contribution in [0.5, 0.6) is 0 Å². The third kappa shape index (κ3) is 10.6. The maximum absolute atomic E-state index is 8.86.